The number of aromatic nitrogens is 1. The zero-order valence-electron chi connectivity index (χ0n) is 9.76. The predicted octanol–water partition coefficient (Wildman–Crippen LogP) is 3.03. The van der Waals surface area contributed by atoms with E-state index in [0.717, 1.165) is 29.9 Å². The highest BCUT2D eigenvalue weighted by Crippen LogP contribution is 2.30. The topological polar surface area (TPSA) is 30.9 Å². The first-order valence-electron chi connectivity index (χ1n) is 5.59. The summed E-state index contributed by atoms with van der Waals surface area (Å²) in [7, 11) is 2.06. The molecule has 0 radical (unpaired) electrons. The van der Waals surface area contributed by atoms with Crippen LogP contribution in [0.2, 0.25) is 5.02 Å². The molecule has 1 aromatic heterocycles. The van der Waals surface area contributed by atoms with Gasteiger partial charge in [0.15, 0.2) is 0 Å². The van der Waals surface area contributed by atoms with Crippen LogP contribution < -0.4 is 5.73 Å². The minimum absolute atomic E-state index is 0.733. The maximum Gasteiger partial charge on any atom is 0.0672 e. The maximum atomic E-state index is 6.24. The van der Waals surface area contributed by atoms with Gasteiger partial charge in [0.05, 0.1) is 10.5 Å². The fraction of sp³-hybridized carbons (Fsp3) is 0.385. The summed E-state index contributed by atoms with van der Waals surface area (Å²) in [4.78, 5) is 0. The molecule has 0 aliphatic rings. The summed E-state index contributed by atoms with van der Waals surface area (Å²) in [5.74, 6) is 0. The van der Waals surface area contributed by atoms with Crippen molar-refractivity contribution in [2.24, 2.45) is 12.8 Å². The number of para-hydroxylation sites is 1. The zero-order chi connectivity index (χ0) is 11.7. The van der Waals surface area contributed by atoms with Gasteiger partial charge in [-0.2, -0.15) is 0 Å². The van der Waals surface area contributed by atoms with Crippen molar-refractivity contribution in [1.82, 2.24) is 4.57 Å². The van der Waals surface area contributed by atoms with Crippen molar-refractivity contribution in [3.8, 4) is 0 Å². The molecule has 86 valence electrons. The molecule has 2 rings (SSSR count). The van der Waals surface area contributed by atoms with Gasteiger partial charge in [0.1, 0.15) is 0 Å². The number of halogens is 1. The summed E-state index contributed by atoms with van der Waals surface area (Å²) in [6.45, 7) is 2.87. The Labute approximate surface area is 101 Å². The van der Waals surface area contributed by atoms with Gasteiger partial charge in [-0.15, -0.1) is 0 Å². The highest BCUT2D eigenvalue weighted by atomic mass is 35.5. The van der Waals surface area contributed by atoms with Gasteiger partial charge in [-0.1, -0.05) is 23.7 Å². The lowest BCUT2D eigenvalue weighted by Gasteiger charge is -2.01. The quantitative estimate of drug-likeness (QED) is 0.873. The molecular formula is C13H17ClN2. The van der Waals surface area contributed by atoms with E-state index in [1.165, 1.54) is 16.6 Å². The number of benzene rings is 1. The second-order valence-electron chi connectivity index (χ2n) is 4.15. The minimum atomic E-state index is 0.733. The number of hydrogen-bond donors (Lipinski definition) is 1. The Balaban J connectivity index is 2.64. The SMILES string of the molecule is Cc1c(CCCN)c2cccc(Cl)c2n1C. The first kappa shape index (κ1) is 11.5. The van der Waals surface area contributed by atoms with E-state index < -0.39 is 0 Å². The minimum Gasteiger partial charge on any atom is -0.346 e. The van der Waals surface area contributed by atoms with E-state index in [2.05, 4.69) is 24.6 Å². The van der Waals surface area contributed by atoms with Crippen LogP contribution in [-0.4, -0.2) is 11.1 Å². The number of nitrogens with zero attached hydrogens (tertiary/aromatic N) is 1. The molecule has 1 aromatic carbocycles. The smallest absolute Gasteiger partial charge is 0.0672 e. The molecule has 3 heteroatoms. The first-order valence-corrected chi connectivity index (χ1v) is 5.97. The second kappa shape index (κ2) is 4.48. The Kier molecular flexibility index (Phi) is 3.22. The Morgan fingerprint density at radius 1 is 1.38 bits per heavy atom. The first-order chi connectivity index (χ1) is 7.66. The lowest BCUT2D eigenvalue weighted by atomic mass is 10.1. The third kappa shape index (κ3) is 1.72. The van der Waals surface area contributed by atoms with Gasteiger partial charge in [-0.05, 0) is 37.9 Å². The van der Waals surface area contributed by atoms with Crippen LogP contribution in [0.15, 0.2) is 18.2 Å². The van der Waals surface area contributed by atoms with Crippen molar-refractivity contribution in [2.75, 3.05) is 6.54 Å². The van der Waals surface area contributed by atoms with Crippen LogP contribution in [0.25, 0.3) is 10.9 Å². The Hall–Kier alpha value is -0.990. The van der Waals surface area contributed by atoms with Crippen LogP contribution in [0.5, 0.6) is 0 Å². The zero-order valence-corrected chi connectivity index (χ0v) is 10.5. The molecule has 1 heterocycles. The standard InChI is InChI=1S/C13H17ClN2/c1-9-10(6-4-8-15)11-5-3-7-12(14)13(11)16(9)2/h3,5,7H,4,6,8,15H2,1-2H3. The molecular weight excluding hydrogens is 220 g/mol. The number of hydrogen-bond acceptors (Lipinski definition) is 1. The molecule has 0 saturated heterocycles. The monoisotopic (exact) mass is 236 g/mol. The number of aryl methyl sites for hydroxylation is 2. The molecule has 0 spiro atoms. The predicted molar refractivity (Wildman–Crippen MR) is 70.0 cm³/mol. The van der Waals surface area contributed by atoms with Gasteiger partial charge in [-0.25, -0.2) is 0 Å². The highest BCUT2D eigenvalue weighted by molar-refractivity contribution is 6.35. The molecule has 0 fully saturated rings. The van der Waals surface area contributed by atoms with E-state index in [4.69, 9.17) is 17.3 Å². The van der Waals surface area contributed by atoms with Gasteiger partial charge in [-0.3, -0.25) is 0 Å². The molecule has 0 aliphatic carbocycles. The average Bonchev–Trinajstić information content (AvgIpc) is 2.51. The number of fused-ring (bicyclic) bond motifs is 1. The molecule has 2 aromatic rings. The summed E-state index contributed by atoms with van der Waals surface area (Å²) < 4.78 is 2.17. The van der Waals surface area contributed by atoms with Crippen LogP contribution >= 0.6 is 11.6 Å². The molecule has 0 saturated carbocycles. The molecule has 0 aliphatic heterocycles. The number of rotatable bonds is 3. The Morgan fingerprint density at radius 3 is 2.81 bits per heavy atom. The molecule has 16 heavy (non-hydrogen) atoms. The molecule has 0 bridgehead atoms. The van der Waals surface area contributed by atoms with E-state index in [1.807, 2.05) is 12.1 Å². The van der Waals surface area contributed by atoms with Gasteiger partial charge in [0.2, 0.25) is 0 Å². The molecule has 2 N–H and O–H groups in total. The molecule has 0 amide bonds. The van der Waals surface area contributed by atoms with Crippen LogP contribution in [0.4, 0.5) is 0 Å². The van der Waals surface area contributed by atoms with Gasteiger partial charge in [0, 0.05) is 18.1 Å². The molecule has 2 nitrogen and oxygen atoms in total. The van der Waals surface area contributed by atoms with Crippen molar-refractivity contribution < 1.29 is 0 Å². The van der Waals surface area contributed by atoms with Crippen molar-refractivity contribution in [3.05, 3.63) is 34.5 Å². The van der Waals surface area contributed by atoms with Gasteiger partial charge in [0.25, 0.3) is 0 Å². The van der Waals surface area contributed by atoms with Crippen molar-refractivity contribution in [1.29, 1.82) is 0 Å². The second-order valence-corrected chi connectivity index (χ2v) is 4.56. The largest absolute Gasteiger partial charge is 0.346 e. The third-order valence-electron chi connectivity index (χ3n) is 3.22. The fourth-order valence-electron chi connectivity index (χ4n) is 2.26. The maximum absolute atomic E-state index is 6.24. The van der Waals surface area contributed by atoms with Crippen LogP contribution in [0.3, 0.4) is 0 Å². The summed E-state index contributed by atoms with van der Waals surface area (Å²) in [5, 5.41) is 2.09. The summed E-state index contributed by atoms with van der Waals surface area (Å²) >= 11 is 6.24. The Morgan fingerprint density at radius 2 is 2.12 bits per heavy atom. The van der Waals surface area contributed by atoms with Crippen LogP contribution in [-0.2, 0) is 13.5 Å². The van der Waals surface area contributed by atoms with Gasteiger partial charge < -0.3 is 10.3 Å². The van der Waals surface area contributed by atoms with E-state index in [1.54, 1.807) is 0 Å². The highest BCUT2D eigenvalue weighted by Gasteiger charge is 2.13. The van der Waals surface area contributed by atoms with Crippen LogP contribution in [0.1, 0.15) is 17.7 Å². The lowest BCUT2D eigenvalue weighted by molar-refractivity contribution is 0.816. The Bertz CT molecular complexity index is 514. The third-order valence-corrected chi connectivity index (χ3v) is 3.52. The molecule has 0 atom stereocenters. The van der Waals surface area contributed by atoms with E-state index in [9.17, 15) is 0 Å². The summed E-state index contributed by atoms with van der Waals surface area (Å²) in [6.07, 6.45) is 2.05. The summed E-state index contributed by atoms with van der Waals surface area (Å²) in [5.41, 5.74) is 9.38. The van der Waals surface area contributed by atoms with Crippen molar-refractivity contribution in [2.45, 2.75) is 19.8 Å². The van der Waals surface area contributed by atoms with Crippen LogP contribution in [0, 0.1) is 6.92 Å². The molecule has 0 unspecified atom stereocenters. The van der Waals surface area contributed by atoms with E-state index in [0.29, 0.717) is 0 Å². The normalized spacial score (nSPS) is 11.2. The van der Waals surface area contributed by atoms with Crippen molar-refractivity contribution in [3.63, 3.8) is 0 Å². The van der Waals surface area contributed by atoms with Gasteiger partial charge >= 0.3 is 0 Å². The fourth-order valence-corrected chi connectivity index (χ4v) is 2.56. The van der Waals surface area contributed by atoms with E-state index >= 15 is 0 Å². The summed E-state index contributed by atoms with van der Waals surface area (Å²) in [6, 6.07) is 6.09. The lowest BCUT2D eigenvalue weighted by Crippen LogP contribution is -2.01. The van der Waals surface area contributed by atoms with E-state index in [-0.39, 0.29) is 0 Å². The average molecular weight is 237 g/mol. The van der Waals surface area contributed by atoms with Crippen molar-refractivity contribution >= 4 is 22.5 Å². The number of nitrogens with two attached hydrogens (primary N) is 1.